The molecule has 3 aromatic rings. The van der Waals surface area contributed by atoms with E-state index in [4.69, 9.17) is 4.98 Å². The minimum Gasteiger partial charge on any atom is -0.349 e. The number of hydrogen-bond acceptors (Lipinski definition) is 3. The summed E-state index contributed by atoms with van der Waals surface area (Å²) in [6, 6.07) is 8.01. The van der Waals surface area contributed by atoms with Crippen LogP contribution in [0, 0.1) is 0 Å². The summed E-state index contributed by atoms with van der Waals surface area (Å²) in [5.74, 6) is 0.997. The van der Waals surface area contributed by atoms with Gasteiger partial charge in [-0.15, -0.1) is 0 Å². The maximum atomic E-state index is 13.0. The van der Waals surface area contributed by atoms with E-state index in [1.807, 2.05) is 31.2 Å². The lowest BCUT2D eigenvalue weighted by atomic mass is 10.1. The van der Waals surface area contributed by atoms with Crippen molar-refractivity contribution < 1.29 is 4.48 Å². The number of hydrogen-bond donors (Lipinski definition) is 1. The minimum atomic E-state index is 0.0366. The molecule has 4 rings (SSSR count). The monoisotopic (exact) mass is 371 g/mol. The number of nitrogens with one attached hydrogen (secondary N) is 1. The van der Waals surface area contributed by atoms with E-state index in [9.17, 15) is 4.79 Å². The normalized spacial score (nSPS) is 17.2. The average molecular weight is 372 g/mol. The first-order valence-corrected chi connectivity index (χ1v) is 10.6. The van der Waals surface area contributed by atoms with Gasteiger partial charge in [-0.05, 0) is 32.3 Å². The number of aromatic nitrogens is 3. The van der Waals surface area contributed by atoms with Gasteiger partial charge in [-0.1, -0.05) is 30.0 Å². The fourth-order valence-electron chi connectivity index (χ4n) is 4.02. The van der Waals surface area contributed by atoms with Crippen molar-refractivity contribution in [1.82, 2.24) is 14.5 Å². The zero-order chi connectivity index (χ0) is 18.1. The van der Waals surface area contributed by atoms with Crippen molar-refractivity contribution in [2.75, 3.05) is 32.4 Å². The van der Waals surface area contributed by atoms with Crippen LogP contribution in [0.1, 0.15) is 26.2 Å². The second-order valence-corrected chi connectivity index (χ2v) is 8.60. The third-order valence-corrected chi connectivity index (χ3v) is 6.61. The lowest BCUT2D eigenvalue weighted by Gasteiger charge is -2.37. The van der Waals surface area contributed by atoms with Crippen molar-refractivity contribution in [2.24, 2.45) is 0 Å². The zero-order valence-electron chi connectivity index (χ0n) is 15.6. The number of benzene rings is 1. The fraction of sp³-hybridized carbons (Fsp3) is 0.500. The Morgan fingerprint density at radius 3 is 2.77 bits per heavy atom. The van der Waals surface area contributed by atoms with E-state index in [2.05, 4.69) is 12.0 Å². The molecule has 0 radical (unpaired) electrons. The molecule has 3 heterocycles. The van der Waals surface area contributed by atoms with E-state index in [1.54, 1.807) is 16.3 Å². The van der Waals surface area contributed by atoms with Crippen molar-refractivity contribution >= 4 is 33.7 Å². The van der Waals surface area contributed by atoms with Gasteiger partial charge >= 0.3 is 0 Å². The number of likely N-dealkylation sites (tertiary alicyclic amines) is 1. The summed E-state index contributed by atoms with van der Waals surface area (Å²) in [6.45, 7) is 6.34. The van der Waals surface area contributed by atoms with Crippen molar-refractivity contribution in [3.05, 3.63) is 34.6 Å². The van der Waals surface area contributed by atoms with Gasteiger partial charge in [0.2, 0.25) is 0 Å². The molecular formula is C20H27N4OS+. The molecule has 1 saturated heterocycles. The van der Waals surface area contributed by atoms with Gasteiger partial charge in [-0.2, -0.15) is 0 Å². The highest BCUT2D eigenvalue weighted by Crippen LogP contribution is 2.25. The topological polar surface area (TPSA) is 50.7 Å². The molecule has 1 fully saturated rings. The zero-order valence-corrected chi connectivity index (χ0v) is 16.4. The summed E-state index contributed by atoms with van der Waals surface area (Å²) in [7, 11) is 2.36. The number of piperidine rings is 1. The van der Waals surface area contributed by atoms with Crippen LogP contribution in [0.25, 0.3) is 21.9 Å². The Morgan fingerprint density at radius 1 is 1.23 bits per heavy atom. The number of para-hydroxylation sites is 1. The lowest BCUT2D eigenvalue weighted by molar-refractivity contribution is -0.911. The predicted octanol–water partition coefficient (Wildman–Crippen LogP) is 3.62. The Bertz CT molecular complexity index is 985. The van der Waals surface area contributed by atoms with Gasteiger partial charge in [0.15, 0.2) is 5.16 Å². The first-order valence-electron chi connectivity index (χ1n) is 9.59. The number of rotatable bonds is 5. The van der Waals surface area contributed by atoms with Gasteiger partial charge < -0.3 is 9.47 Å². The van der Waals surface area contributed by atoms with Gasteiger partial charge in [0.1, 0.15) is 11.0 Å². The Labute approximate surface area is 158 Å². The molecule has 1 aliphatic heterocycles. The van der Waals surface area contributed by atoms with Crippen LogP contribution >= 0.6 is 11.8 Å². The Kier molecular flexibility index (Phi) is 4.80. The molecule has 138 valence electrons. The molecule has 1 aromatic carbocycles. The molecule has 6 heteroatoms. The number of quaternary nitrogens is 1. The van der Waals surface area contributed by atoms with Gasteiger partial charge in [0.05, 0.1) is 32.4 Å². The first-order chi connectivity index (χ1) is 12.6. The second kappa shape index (κ2) is 7.08. The van der Waals surface area contributed by atoms with Crippen LogP contribution in [0.3, 0.4) is 0 Å². The smallest absolute Gasteiger partial charge is 0.278 e. The molecule has 0 aliphatic carbocycles. The maximum Gasteiger partial charge on any atom is 0.278 e. The quantitative estimate of drug-likeness (QED) is 0.423. The molecule has 0 spiro atoms. The molecule has 0 saturated carbocycles. The van der Waals surface area contributed by atoms with Crippen LogP contribution in [0.2, 0.25) is 0 Å². The predicted molar refractivity (Wildman–Crippen MR) is 109 cm³/mol. The Hall–Kier alpha value is -1.79. The van der Waals surface area contributed by atoms with E-state index >= 15 is 0 Å². The average Bonchev–Trinajstić information content (AvgIpc) is 3.02. The second-order valence-electron chi connectivity index (χ2n) is 7.54. The van der Waals surface area contributed by atoms with Crippen LogP contribution in [0.5, 0.6) is 0 Å². The largest absolute Gasteiger partial charge is 0.349 e. The lowest BCUT2D eigenvalue weighted by Crippen LogP contribution is -2.49. The summed E-state index contributed by atoms with van der Waals surface area (Å²) in [5, 5.41) is 1.87. The summed E-state index contributed by atoms with van der Waals surface area (Å²) in [6.07, 6.45) is 4.04. The molecule has 0 bridgehead atoms. The van der Waals surface area contributed by atoms with E-state index in [0.29, 0.717) is 12.1 Å². The highest BCUT2D eigenvalue weighted by Gasteiger charge is 2.24. The van der Waals surface area contributed by atoms with Gasteiger partial charge in [0, 0.05) is 17.4 Å². The van der Waals surface area contributed by atoms with E-state index < -0.39 is 0 Å². The molecule has 5 nitrogen and oxygen atoms in total. The molecular weight excluding hydrogens is 344 g/mol. The molecule has 1 aliphatic rings. The van der Waals surface area contributed by atoms with E-state index in [-0.39, 0.29) is 5.56 Å². The summed E-state index contributed by atoms with van der Waals surface area (Å²) < 4.78 is 2.96. The number of thioether (sulfide) groups is 1. The van der Waals surface area contributed by atoms with Crippen LogP contribution < -0.4 is 5.56 Å². The van der Waals surface area contributed by atoms with E-state index in [1.165, 1.54) is 32.4 Å². The van der Waals surface area contributed by atoms with Crippen LogP contribution in [0.15, 0.2) is 34.2 Å². The van der Waals surface area contributed by atoms with Crippen molar-refractivity contribution in [3.63, 3.8) is 0 Å². The number of nitrogens with zero attached hydrogens (tertiary/aromatic N) is 3. The number of fused-ring (bicyclic) bond motifs is 3. The van der Waals surface area contributed by atoms with Crippen LogP contribution in [-0.4, -0.2) is 51.5 Å². The van der Waals surface area contributed by atoms with Crippen LogP contribution in [0.4, 0.5) is 0 Å². The third kappa shape index (κ3) is 3.16. The highest BCUT2D eigenvalue weighted by atomic mass is 32.2. The molecule has 0 amide bonds. The van der Waals surface area contributed by atoms with E-state index in [0.717, 1.165) is 38.4 Å². The standard InChI is InChI=1S/C20H26N4OS/c1-3-23-19(25)18-17(15-9-5-6-10-16(15)21-18)22-20(23)26-14-13-24(2)11-7-4-8-12-24/h5-6,9-10H,3-4,7-8,11-14H2,1-2H3/p+1. The fourth-order valence-corrected chi connectivity index (χ4v) is 5.26. The summed E-state index contributed by atoms with van der Waals surface area (Å²) in [5.41, 5.74) is 2.43. The molecule has 0 atom stereocenters. The first kappa shape index (κ1) is 17.6. The Morgan fingerprint density at radius 2 is 2.00 bits per heavy atom. The van der Waals surface area contributed by atoms with Crippen molar-refractivity contribution in [2.45, 2.75) is 37.9 Å². The highest BCUT2D eigenvalue weighted by molar-refractivity contribution is 7.99. The number of H-pyrrole nitrogens is 1. The van der Waals surface area contributed by atoms with Crippen molar-refractivity contribution in [1.29, 1.82) is 0 Å². The van der Waals surface area contributed by atoms with Gasteiger partial charge in [-0.3, -0.25) is 9.36 Å². The Balaban J connectivity index is 1.65. The summed E-state index contributed by atoms with van der Waals surface area (Å²) >= 11 is 1.73. The SMILES string of the molecule is CCn1c(SCC[N+]2(C)CCCCC2)nc2c([nH]c3ccccc32)c1=O. The number of aromatic amines is 1. The van der Waals surface area contributed by atoms with Crippen LogP contribution in [-0.2, 0) is 6.54 Å². The molecule has 0 unspecified atom stereocenters. The van der Waals surface area contributed by atoms with Gasteiger partial charge in [-0.25, -0.2) is 4.98 Å². The molecule has 2 aromatic heterocycles. The minimum absolute atomic E-state index is 0.0366. The van der Waals surface area contributed by atoms with Crippen molar-refractivity contribution in [3.8, 4) is 0 Å². The molecule has 1 N–H and O–H groups in total. The maximum absolute atomic E-state index is 13.0. The molecule has 26 heavy (non-hydrogen) atoms. The third-order valence-electron chi connectivity index (χ3n) is 5.65. The van der Waals surface area contributed by atoms with Gasteiger partial charge in [0.25, 0.3) is 5.56 Å². The summed E-state index contributed by atoms with van der Waals surface area (Å²) in [4.78, 5) is 21.1.